The fourth-order valence-corrected chi connectivity index (χ4v) is 2.50. The molecule has 2 nitrogen and oxygen atoms in total. The van der Waals surface area contributed by atoms with Crippen molar-refractivity contribution < 1.29 is 5.11 Å². The molecule has 1 unspecified atom stereocenters. The van der Waals surface area contributed by atoms with Crippen molar-refractivity contribution in [1.29, 1.82) is 0 Å². The molecule has 0 spiro atoms. The van der Waals surface area contributed by atoms with Gasteiger partial charge in [-0.3, -0.25) is 0 Å². The summed E-state index contributed by atoms with van der Waals surface area (Å²) in [5.74, 6) is 0.405. The monoisotopic (exact) mass is 183 g/mol. The zero-order chi connectivity index (χ0) is 8.39. The lowest BCUT2D eigenvalue weighted by molar-refractivity contribution is 0.415. The first-order chi connectivity index (χ1) is 5.86. The average Bonchev–Trinajstić information content (AvgIpc) is 2.54. The van der Waals surface area contributed by atoms with Gasteiger partial charge in [0.05, 0.1) is 0 Å². The quantitative estimate of drug-likeness (QED) is 0.700. The van der Waals surface area contributed by atoms with Crippen LogP contribution in [0.15, 0.2) is 11.4 Å². The van der Waals surface area contributed by atoms with E-state index in [1.54, 1.807) is 16.7 Å². The van der Waals surface area contributed by atoms with Crippen LogP contribution in [0.4, 0.5) is 0 Å². The number of hydrogen-bond donors (Lipinski definition) is 2. The molecule has 2 N–H and O–H groups in total. The zero-order valence-corrected chi connectivity index (χ0v) is 7.73. The molecular weight excluding hydrogens is 170 g/mol. The first-order valence-corrected chi connectivity index (χ1v) is 5.25. The minimum absolute atomic E-state index is 0.405. The van der Waals surface area contributed by atoms with Gasteiger partial charge < -0.3 is 10.4 Å². The number of nitrogens with one attached hydrogen (secondary N) is 1. The summed E-state index contributed by atoms with van der Waals surface area (Å²) in [5.41, 5.74) is 0. The molecule has 1 aromatic heterocycles. The van der Waals surface area contributed by atoms with Gasteiger partial charge in [0.2, 0.25) is 0 Å². The van der Waals surface area contributed by atoms with Crippen LogP contribution in [0.2, 0.25) is 0 Å². The van der Waals surface area contributed by atoms with E-state index in [4.69, 9.17) is 5.11 Å². The topological polar surface area (TPSA) is 32.3 Å². The maximum Gasteiger partial charge on any atom is 0.126 e. The highest BCUT2D eigenvalue weighted by Gasteiger charge is 2.15. The summed E-state index contributed by atoms with van der Waals surface area (Å²) in [5, 5.41) is 14.4. The van der Waals surface area contributed by atoms with E-state index in [-0.39, 0.29) is 0 Å². The van der Waals surface area contributed by atoms with E-state index in [9.17, 15) is 0 Å². The van der Waals surface area contributed by atoms with Crippen molar-refractivity contribution in [3.63, 3.8) is 0 Å². The maximum atomic E-state index is 9.17. The van der Waals surface area contributed by atoms with Gasteiger partial charge in [0, 0.05) is 16.3 Å². The van der Waals surface area contributed by atoms with Crippen molar-refractivity contribution in [2.75, 3.05) is 6.54 Å². The Morgan fingerprint density at radius 1 is 1.50 bits per heavy atom. The summed E-state index contributed by atoms with van der Waals surface area (Å²) in [6.07, 6.45) is 3.80. The molecule has 2 rings (SSSR count). The van der Waals surface area contributed by atoms with Crippen molar-refractivity contribution >= 4 is 11.3 Å². The van der Waals surface area contributed by atoms with Crippen LogP contribution in [0.3, 0.4) is 0 Å². The Morgan fingerprint density at radius 2 is 2.42 bits per heavy atom. The van der Waals surface area contributed by atoms with Crippen LogP contribution in [0.1, 0.15) is 30.2 Å². The highest BCUT2D eigenvalue weighted by molar-refractivity contribution is 7.10. The van der Waals surface area contributed by atoms with Crippen LogP contribution in [0.25, 0.3) is 0 Å². The molecule has 0 radical (unpaired) electrons. The summed E-state index contributed by atoms with van der Waals surface area (Å²) in [4.78, 5) is 1.27. The molecule has 66 valence electrons. The molecule has 1 atom stereocenters. The van der Waals surface area contributed by atoms with E-state index in [1.807, 2.05) is 6.07 Å². The van der Waals surface area contributed by atoms with Crippen molar-refractivity contribution in [2.24, 2.45) is 0 Å². The van der Waals surface area contributed by atoms with Gasteiger partial charge >= 0.3 is 0 Å². The Bertz CT molecular complexity index is 253. The molecule has 0 amide bonds. The molecular formula is C9H13NOS. The van der Waals surface area contributed by atoms with E-state index in [0.29, 0.717) is 11.8 Å². The standard InChI is InChI=1S/C9H13NOS/c11-7-5-9(12-6-7)8-3-1-2-4-10-8/h5-6,8,10-11H,1-4H2. The number of thiophene rings is 1. The summed E-state index contributed by atoms with van der Waals surface area (Å²) in [6.45, 7) is 1.11. The molecule has 1 saturated heterocycles. The lowest BCUT2D eigenvalue weighted by atomic mass is 10.0. The van der Waals surface area contributed by atoms with Gasteiger partial charge in [0.25, 0.3) is 0 Å². The smallest absolute Gasteiger partial charge is 0.126 e. The Kier molecular flexibility index (Phi) is 2.33. The molecule has 1 aliphatic heterocycles. The minimum Gasteiger partial charge on any atom is -0.507 e. The second kappa shape index (κ2) is 3.46. The lowest BCUT2D eigenvalue weighted by Gasteiger charge is -2.21. The molecule has 0 aromatic carbocycles. The van der Waals surface area contributed by atoms with Crippen LogP contribution < -0.4 is 5.32 Å². The number of rotatable bonds is 1. The molecule has 0 aliphatic carbocycles. The highest BCUT2D eigenvalue weighted by Crippen LogP contribution is 2.30. The molecule has 2 heterocycles. The van der Waals surface area contributed by atoms with Crippen LogP contribution in [-0.4, -0.2) is 11.7 Å². The lowest BCUT2D eigenvalue weighted by Crippen LogP contribution is -2.25. The first kappa shape index (κ1) is 8.08. The fraction of sp³-hybridized carbons (Fsp3) is 0.556. The van der Waals surface area contributed by atoms with Gasteiger partial charge in [-0.1, -0.05) is 6.42 Å². The molecule has 0 saturated carbocycles. The Labute approximate surface area is 76.2 Å². The maximum absolute atomic E-state index is 9.17. The summed E-state index contributed by atoms with van der Waals surface area (Å²) >= 11 is 1.64. The van der Waals surface area contributed by atoms with E-state index in [1.165, 1.54) is 24.1 Å². The van der Waals surface area contributed by atoms with Crippen molar-refractivity contribution in [1.82, 2.24) is 5.32 Å². The Hall–Kier alpha value is -0.540. The predicted molar refractivity (Wildman–Crippen MR) is 50.6 cm³/mol. The number of hydrogen-bond acceptors (Lipinski definition) is 3. The predicted octanol–water partition coefficient (Wildman–Crippen LogP) is 2.27. The van der Waals surface area contributed by atoms with Crippen LogP contribution in [0.5, 0.6) is 5.75 Å². The third kappa shape index (κ3) is 1.62. The van der Waals surface area contributed by atoms with Crippen molar-refractivity contribution in [2.45, 2.75) is 25.3 Å². The third-order valence-electron chi connectivity index (χ3n) is 2.26. The number of aromatic hydroxyl groups is 1. The Morgan fingerprint density at radius 3 is 3.00 bits per heavy atom. The molecule has 1 fully saturated rings. The van der Waals surface area contributed by atoms with E-state index >= 15 is 0 Å². The first-order valence-electron chi connectivity index (χ1n) is 4.37. The van der Waals surface area contributed by atoms with Crippen molar-refractivity contribution in [3.05, 3.63) is 16.3 Å². The van der Waals surface area contributed by atoms with Gasteiger partial charge in [-0.15, -0.1) is 11.3 Å². The second-order valence-electron chi connectivity index (χ2n) is 3.21. The second-order valence-corrected chi connectivity index (χ2v) is 4.15. The molecule has 1 aliphatic rings. The fourth-order valence-electron chi connectivity index (χ4n) is 1.62. The van der Waals surface area contributed by atoms with Crippen LogP contribution in [-0.2, 0) is 0 Å². The Balaban J connectivity index is 2.08. The minimum atomic E-state index is 0.405. The average molecular weight is 183 g/mol. The van der Waals surface area contributed by atoms with E-state index in [0.717, 1.165) is 6.54 Å². The number of piperidine rings is 1. The normalized spacial score (nSPS) is 24.2. The van der Waals surface area contributed by atoms with Gasteiger partial charge in [-0.2, -0.15) is 0 Å². The zero-order valence-electron chi connectivity index (χ0n) is 6.92. The summed E-state index contributed by atoms with van der Waals surface area (Å²) < 4.78 is 0. The summed E-state index contributed by atoms with van der Waals surface area (Å²) in [6, 6.07) is 2.36. The van der Waals surface area contributed by atoms with Gasteiger partial charge in [0.1, 0.15) is 5.75 Å². The van der Waals surface area contributed by atoms with Gasteiger partial charge in [-0.25, -0.2) is 0 Å². The largest absolute Gasteiger partial charge is 0.507 e. The SMILES string of the molecule is Oc1csc(C2CCCCN2)c1. The highest BCUT2D eigenvalue weighted by atomic mass is 32.1. The van der Waals surface area contributed by atoms with Crippen LogP contribution >= 0.6 is 11.3 Å². The summed E-state index contributed by atoms with van der Waals surface area (Å²) in [7, 11) is 0. The molecule has 12 heavy (non-hydrogen) atoms. The molecule has 0 bridgehead atoms. The van der Waals surface area contributed by atoms with Crippen molar-refractivity contribution in [3.8, 4) is 5.75 Å². The molecule has 3 heteroatoms. The third-order valence-corrected chi connectivity index (χ3v) is 3.29. The van der Waals surface area contributed by atoms with E-state index in [2.05, 4.69) is 5.32 Å². The van der Waals surface area contributed by atoms with Gasteiger partial charge in [-0.05, 0) is 25.5 Å². The van der Waals surface area contributed by atoms with E-state index < -0.39 is 0 Å². The molecule has 1 aromatic rings. The van der Waals surface area contributed by atoms with Crippen LogP contribution in [0, 0.1) is 0 Å². The van der Waals surface area contributed by atoms with Gasteiger partial charge in [0.15, 0.2) is 0 Å².